The van der Waals surface area contributed by atoms with E-state index in [9.17, 15) is 33.8 Å². The Kier molecular flexibility index (Phi) is 11.3. The van der Waals surface area contributed by atoms with E-state index in [2.05, 4.69) is 10.6 Å². The summed E-state index contributed by atoms with van der Waals surface area (Å²) in [5.41, 5.74) is -0.798. The van der Waals surface area contributed by atoms with E-state index < -0.39 is 64.9 Å². The molecule has 1 aromatic heterocycles. The number of nitrogens with one attached hydrogen (secondary N) is 2. The van der Waals surface area contributed by atoms with E-state index in [-0.39, 0.29) is 68.5 Å². The van der Waals surface area contributed by atoms with E-state index in [1.165, 1.54) is 30.2 Å². The molecule has 4 unspecified atom stereocenters. The lowest BCUT2D eigenvalue weighted by Gasteiger charge is -2.43. The van der Waals surface area contributed by atoms with Crippen LogP contribution in [-0.2, 0) is 25.7 Å². The molecule has 0 aliphatic carbocycles. The van der Waals surface area contributed by atoms with Gasteiger partial charge in [-0.2, -0.15) is 0 Å². The molecule has 12 nitrogen and oxygen atoms in total. The first-order valence-corrected chi connectivity index (χ1v) is 16.6. The lowest BCUT2D eigenvalue weighted by molar-refractivity contribution is -0.147. The fraction of sp³-hybridized carbons (Fsp3) is 0.417. The number of alkyl halides is 1. The average molecular weight is 711 g/mol. The van der Waals surface area contributed by atoms with Crippen LogP contribution in [0.3, 0.4) is 0 Å². The number of aromatic hydroxyl groups is 1. The zero-order valence-corrected chi connectivity index (χ0v) is 28.5. The summed E-state index contributed by atoms with van der Waals surface area (Å²) in [7, 11) is 0. The molecule has 0 spiro atoms. The van der Waals surface area contributed by atoms with Crippen LogP contribution in [0.2, 0.25) is 0 Å². The van der Waals surface area contributed by atoms with Crippen molar-refractivity contribution in [2.24, 2.45) is 11.3 Å². The van der Waals surface area contributed by atoms with E-state index in [1.54, 1.807) is 30.5 Å². The second-order valence-electron chi connectivity index (χ2n) is 13.6. The Balaban J connectivity index is 1.59. The van der Waals surface area contributed by atoms with Gasteiger partial charge < -0.3 is 30.3 Å². The van der Waals surface area contributed by atoms with Gasteiger partial charge in [0.1, 0.15) is 35.5 Å². The number of phenols is 1. The summed E-state index contributed by atoms with van der Waals surface area (Å²) in [4.78, 5) is 58.4. The largest absolute Gasteiger partial charge is 0.508 e. The lowest BCUT2D eigenvalue weighted by atomic mass is 9.78. The molecule has 4 amide bonds. The molecule has 15 heteroatoms. The van der Waals surface area contributed by atoms with Gasteiger partial charge in [-0.15, -0.1) is 0 Å². The van der Waals surface area contributed by atoms with E-state index in [4.69, 9.17) is 4.98 Å². The van der Waals surface area contributed by atoms with Crippen molar-refractivity contribution in [3.05, 3.63) is 83.8 Å². The molecular formula is C36H41F3N6O6. The van der Waals surface area contributed by atoms with Crippen molar-refractivity contribution >= 4 is 23.6 Å². The highest BCUT2D eigenvalue weighted by Crippen LogP contribution is 2.43. The Bertz CT molecular complexity index is 1810. The van der Waals surface area contributed by atoms with E-state index in [1.807, 2.05) is 0 Å². The third-order valence-corrected chi connectivity index (χ3v) is 9.08. The molecule has 4 atom stereocenters. The monoisotopic (exact) mass is 710 g/mol. The summed E-state index contributed by atoms with van der Waals surface area (Å²) >= 11 is 0. The van der Waals surface area contributed by atoms with E-state index in [0.717, 1.165) is 35.3 Å². The van der Waals surface area contributed by atoms with Crippen LogP contribution in [0.4, 0.5) is 13.2 Å². The second kappa shape index (κ2) is 15.5. The van der Waals surface area contributed by atoms with Crippen molar-refractivity contribution in [3.63, 3.8) is 0 Å². The number of aromatic nitrogens is 2. The molecule has 3 heterocycles. The second-order valence-corrected chi connectivity index (χ2v) is 13.6. The maximum absolute atomic E-state index is 15.2. The summed E-state index contributed by atoms with van der Waals surface area (Å²) in [5, 5.41) is 26.5. The number of hydrogen-bond donors (Lipinski definition) is 4. The van der Waals surface area contributed by atoms with Crippen molar-refractivity contribution in [2.45, 2.75) is 52.1 Å². The maximum atomic E-state index is 15.2. The van der Waals surface area contributed by atoms with Gasteiger partial charge in [0.05, 0.1) is 11.7 Å². The number of hydrogen-bond acceptors (Lipinski definition) is 8. The molecule has 0 radical (unpaired) electrons. The van der Waals surface area contributed by atoms with Gasteiger partial charge in [0.2, 0.25) is 5.91 Å². The van der Waals surface area contributed by atoms with E-state index >= 15 is 8.78 Å². The number of nitrogens with zero attached hydrogens (tertiary/aromatic N) is 4. The van der Waals surface area contributed by atoms with Gasteiger partial charge in [-0.25, -0.2) is 18.2 Å². The van der Waals surface area contributed by atoms with Gasteiger partial charge in [0.15, 0.2) is 0 Å². The van der Waals surface area contributed by atoms with E-state index in [0.29, 0.717) is 5.56 Å². The zero-order valence-electron chi connectivity index (χ0n) is 28.5. The van der Waals surface area contributed by atoms with Crippen LogP contribution in [0.25, 0.3) is 11.3 Å². The van der Waals surface area contributed by atoms with Gasteiger partial charge in [0, 0.05) is 80.9 Å². The zero-order chi connectivity index (χ0) is 37.0. The first kappa shape index (κ1) is 37.2. The summed E-state index contributed by atoms with van der Waals surface area (Å²) < 4.78 is 46.3. The topological polar surface area (TPSA) is 157 Å². The van der Waals surface area contributed by atoms with Crippen molar-refractivity contribution < 1.29 is 42.6 Å². The fourth-order valence-electron chi connectivity index (χ4n) is 6.59. The van der Waals surface area contributed by atoms with Crippen LogP contribution in [0.15, 0.2) is 60.8 Å². The normalized spacial score (nSPS) is 18.7. The van der Waals surface area contributed by atoms with Crippen LogP contribution in [-0.4, -0.2) is 98.2 Å². The molecular weight excluding hydrogens is 669 g/mol. The minimum atomic E-state index is -1.54. The molecule has 3 aromatic rings. The average Bonchev–Trinajstić information content (AvgIpc) is 3.75. The van der Waals surface area contributed by atoms with Crippen LogP contribution in [0, 0.1) is 23.0 Å². The number of imide groups is 1. The summed E-state index contributed by atoms with van der Waals surface area (Å²) in [6.45, 7) is 4.67. The lowest BCUT2D eigenvalue weighted by Crippen LogP contribution is -2.50. The highest BCUT2D eigenvalue weighted by molar-refractivity contribution is 6.12. The van der Waals surface area contributed by atoms with Crippen LogP contribution < -0.4 is 10.6 Å². The Morgan fingerprint density at radius 1 is 1.12 bits per heavy atom. The predicted octanol–water partition coefficient (Wildman–Crippen LogP) is 2.85. The Morgan fingerprint density at radius 2 is 1.84 bits per heavy atom. The minimum Gasteiger partial charge on any atom is -0.508 e. The minimum absolute atomic E-state index is 0.0105. The number of imidazole rings is 1. The molecule has 2 aliphatic rings. The number of amides is 4. The molecule has 51 heavy (non-hydrogen) atoms. The fourth-order valence-corrected chi connectivity index (χ4v) is 6.59. The third-order valence-electron chi connectivity index (χ3n) is 9.08. The SMILES string of the molecule is CC(O)C(=O)N(CC1CNCC1F)C(c1nc(-c2cc(F)ccc2F)cn1Cc1cccc(O)c1)C(C)(C)CC(=O)NCCN1C(=O)C=CC1=O. The van der Waals surface area contributed by atoms with Gasteiger partial charge in [-0.3, -0.25) is 24.1 Å². The van der Waals surface area contributed by atoms with Crippen molar-refractivity contribution in [3.8, 4) is 17.0 Å². The first-order chi connectivity index (χ1) is 24.1. The van der Waals surface area contributed by atoms with Crippen molar-refractivity contribution in [2.75, 3.05) is 32.7 Å². The van der Waals surface area contributed by atoms with Crippen molar-refractivity contribution in [1.82, 2.24) is 30.0 Å². The number of carbonyl (C=O) groups is 4. The molecule has 272 valence electrons. The number of aliphatic hydroxyl groups excluding tert-OH is 1. The van der Waals surface area contributed by atoms with Crippen molar-refractivity contribution in [1.29, 1.82) is 0 Å². The van der Waals surface area contributed by atoms with Crippen LogP contribution >= 0.6 is 0 Å². The van der Waals surface area contributed by atoms with Gasteiger partial charge in [0.25, 0.3) is 17.7 Å². The number of halogens is 3. The highest BCUT2D eigenvalue weighted by Gasteiger charge is 2.45. The standard InChI is InChI=1S/C36H41F3N6O6/c1-21(46)35(51)45(19-23-16-40-17-28(23)39)33(36(2,3)15-30(48)41-11-12-44-31(49)9-10-32(44)50)34-42-29(26-14-24(37)7-8-27(26)38)20-43(34)18-22-5-4-6-25(47)13-22/h4-10,13-14,20-21,23,28,33,40,46-47H,11-12,15-19H2,1-3H3,(H,41,48). The predicted molar refractivity (Wildman–Crippen MR) is 179 cm³/mol. The first-order valence-electron chi connectivity index (χ1n) is 16.6. The summed E-state index contributed by atoms with van der Waals surface area (Å²) in [6, 6.07) is 8.07. The molecule has 5 rings (SSSR count). The quantitative estimate of drug-likeness (QED) is 0.186. The number of aliphatic hydroxyl groups is 1. The van der Waals surface area contributed by atoms with Gasteiger partial charge in [-0.1, -0.05) is 26.0 Å². The summed E-state index contributed by atoms with van der Waals surface area (Å²) in [5.74, 6) is -4.34. The third kappa shape index (κ3) is 8.66. The number of carbonyl (C=O) groups excluding carboxylic acids is 4. The Morgan fingerprint density at radius 3 is 2.49 bits per heavy atom. The number of rotatable bonds is 14. The molecule has 2 aliphatic heterocycles. The number of phenolic OH excluding ortho intramolecular Hbond substituents is 1. The van der Waals surface area contributed by atoms with Crippen LogP contribution in [0.5, 0.6) is 5.75 Å². The molecule has 1 saturated heterocycles. The number of benzene rings is 2. The Hall–Kier alpha value is -5.02. The smallest absolute Gasteiger partial charge is 0.253 e. The maximum Gasteiger partial charge on any atom is 0.253 e. The molecule has 0 saturated carbocycles. The summed E-state index contributed by atoms with van der Waals surface area (Å²) in [6.07, 6.45) is 0.622. The van der Waals surface area contributed by atoms with Crippen LogP contribution in [0.1, 0.15) is 44.6 Å². The molecule has 4 N–H and O–H groups in total. The molecule has 2 aromatic carbocycles. The molecule has 0 bridgehead atoms. The Labute approximate surface area is 292 Å². The molecule has 1 fully saturated rings. The van der Waals surface area contributed by atoms with Gasteiger partial charge >= 0.3 is 0 Å². The van der Waals surface area contributed by atoms with Gasteiger partial charge in [-0.05, 0) is 42.8 Å². The highest BCUT2D eigenvalue weighted by atomic mass is 19.1.